The number of rotatable bonds is 3. The molecular weight excluding hydrogens is 627 g/mol. The van der Waals surface area contributed by atoms with E-state index in [1.54, 1.807) is 6.39 Å². The Morgan fingerprint density at radius 2 is 1.33 bits per heavy atom. The number of para-hydroxylation sites is 3. The number of fused-ring (bicyclic) bond motifs is 14. The lowest BCUT2D eigenvalue weighted by atomic mass is 9.82. The molecule has 51 heavy (non-hydrogen) atoms. The van der Waals surface area contributed by atoms with Crippen molar-refractivity contribution in [2.75, 3.05) is 4.90 Å². The van der Waals surface area contributed by atoms with Crippen molar-refractivity contribution in [3.05, 3.63) is 151 Å². The Hall–Kier alpha value is -6.59. The van der Waals surface area contributed by atoms with E-state index in [0.29, 0.717) is 0 Å². The quantitative estimate of drug-likeness (QED) is 0.190. The molecule has 0 saturated carbocycles. The average Bonchev–Trinajstić information content (AvgIpc) is 3.97. The molecule has 4 aromatic heterocycles. The second kappa shape index (κ2) is 9.34. The van der Waals surface area contributed by atoms with Crippen molar-refractivity contribution in [1.82, 2.24) is 9.38 Å². The minimum absolute atomic E-state index is 0.139. The SMILES string of the molecule is CC1(C)c2ccccc2-c2ccc(N(c3ccc4c(c3)c3cc5ncoc5c5c6ccccc6n4c35)c3cccc4c3oc3ccccc34)cc21. The zero-order chi connectivity index (χ0) is 33.6. The Labute approximate surface area is 291 Å². The number of hydrogen-bond donors (Lipinski definition) is 0. The normalized spacial score (nSPS) is 13.8. The third-order valence-corrected chi connectivity index (χ3v) is 11.5. The highest BCUT2D eigenvalue weighted by atomic mass is 16.3. The molecular formula is C46H29N3O2. The summed E-state index contributed by atoms with van der Waals surface area (Å²) in [5.41, 5.74) is 15.2. The monoisotopic (exact) mass is 655 g/mol. The summed E-state index contributed by atoms with van der Waals surface area (Å²) in [6, 6.07) is 48.2. The predicted octanol–water partition coefficient (Wildman–Crippen LogP) is 12.7. The zero-order valence-corrected chi connectivity index (χ0v) is 27.9. The Morgan fingerprint density at radius 3 is 2.27 bits per heavy atom. The highest BCUT2D eigenvalue weighted by molar-refractivity contribution is 6.30. The molecule has 240 valence electrons. The van der Waals surface area contributed by atoms with Crippen LogP contribution in [-0.2, 0) is 5.41 Å². The first-order valence-electron chi connectivity index (χ1n) is 17.5. The van der Waals surface area contributed by atoms with Gasteiger partial charge in [0.1, 0.15) is 11.1 Å². The minimum atomic E-state index is -0.139. The third kappa shape index (κ3) is 3.38. The van der Waals surface area contributed by atoms with Crippen LogP contribution in [0.4, 0.5) is 17.1 Å². The highest BCUT2D eigenvalue weighted by Crippen LogP contribution is 2.52. The molecule has 7 aromatic carbocycles. The molecule has 0 saturated heterocycles. The van der Waals surface area contributed by atoms with E-state index in [1.165, 1.54) is 33.0 Å². The first-order chi connectivity index (χ1) is 25.1. The van der Waals surface area contributed by atoms with Gasteiger partial charge in [0.05, 0.1) is 27.6 Å². The van der Waals surface area contributed by atoms with Gasteiger partial charge in [-0.3, -0.25) is 0 Å². The summed E-state index contributed by atoms with van der Waals surface area (Å²) >= 11 is 0. The lowest BCUT2D eigenvalue weighted by Crippen LogP contribution is -2.16. The fourth-order valence-corrected chi connectivity index (χ4v) is 9.17. The number of anilines is 3. The fourth-order valence-electron chi connectivity index (χ4n) is 9.17. The van der Waals surface area contributed by atoms with Crippen molar-refractivity contribution in [1.29, 1.82) is 0 Å². The standard InChI is InChI=1S/C46H29N3O2/c1-46(2)35-14-6-3-10-28(35)29-20-18-27(23-36(29)46)48(40-16-9-13-31-30-11-5-8-17-41(30)51-44(31)40)26-19-21-39-33(22-26)34-24-37-45(50-25-47-37)42-32-12-4-7-15-38(32)49(39)43(34)42/h3-25H,1-2H3. The van der Waals surface area contributed by atoms with Crippen LogP contribution < -0.4 is 4.90 Å². The predicted molar refractivity (Wildman–Crippen MR) is 208 cm³/mol. The molecule has 11 aromatic rings. The molecule has 5 heteroatoms. The van der Waals surface area contributed by atoms with Crippen molar-refractivity contribution in [3.63, 3.8) is 0 Å². The van der Waals surface area contributed by atoms with Crippen LogP contribution in [0.15, 0.2) is 149 Å². The molecule has 0 radical (unpaired) electrons. The van der Waals surface area contributed by atoms with Crippen molar-refractivity contribution < 1.29 is 8.83 Å². The molecule has 0 atom stereocenters. The first-order valence-corrected chi connectivity index (χ1v) is 17.5. The number of benzene rings is 7. The van der Waals surface area contributed by atoms with E-state index in [4.69, 9.17) is 8.83 Å². The zero-order valence-electron chi connectivity index (χ0n) is 27.9. The maximum absolute atomic E-state index is 6.69. The number of nitrogens with zero attached hydrogens (tertiary/aromatic N) is 3. The van der Waals surface area contributed by atoms with Crippen molar-refractivity contribution in [2.24, 2.45) is 0 Å². The van der Waals surface area contributed by atoms with E-state index in [1.807, 2.05) is 6.07 Å². The molecule has 0 spiro atoms. The van der Waals surface area contributed by atoms with E-state index in [0.717, 1.165) is 77.4 Å². The summed E-state index contributed by atoms with van der Waals surface area (Å²) in [6.45, 7) is 4.68. The van der Waals surface area contributed by atoms with E-state index in [2.05, 4.69) is 156 Å². The first kappa shape index (κ1) is 27.3. The molecule has 12 rings (SSSR count). The van der Waals surface area contributed by atoms with Crippen LogP contribution >= 0.6 is 0 Å². The van der Waals surface area contributed by atoms with Gasteiger partial charge in [-0.2, -0.15) is 0 Å². The van der Waals surface area contributed by atoms with Gasteiger partial charge in [-0.25, -0.2) is 4.98 Å². The Balaban J connectivity index is 1.17. The number of oxazole rings is 1. The second-order valence-corrected chi connectivity index (χ2v) is 14.4. The average molecular weight is 656 g/mol. The minimum Gasteiger partial charge on any atom is -0.454 e. The van der Waals surface area contributed by atoms with E-state index in [-0.39, 0.29) is 5.41 Å². The number of hydrogen-bond acceptors (Lipinski definition) is 4. The Kier molecular flexibility index (Phi) is 4.99. The maximum atomic E-state index is 6.69. The third-order valence-electron chi connectivity index (χ3n) is 11.5. The summed E-state index contributed by atoms with van der Waals surface area (Å²) in [5.74, 6) is 0. The van der Waals surface area contributed by atoms with Gasteiger partial charge in [-0.15, -0.1) is 0 Å². The molecule has 0 aliphatic heterocycles. The van der Waals surface area contributed by atoms with Gasteiger partial charge in [0.15, 0.2) is 17.6 Å². The van der Waals surface area contributed by atoms with Crippen molar-refractivity contribution >= 4 is 88.2 Å². The van der Waals surface area contributed by atoms with Gasteiger partial charge in [0.25, 0.3) is 0 Å². The van der Waals surface area contributed by atoms with Crippen LogP contribution in [-0.4, -0.2) is 9.38 Å². The Morgan fingerprint density at radius 1 is 0.588 bits per heavy atom. The smallest absolute Gasteiger partial charge is 0.182 e. The van der Waals surface area contributed by atoms with Crippen LogP contribution in [0.25, 0.3) is 82.3 Å². The molecule has 0 amide bonds. The van der Waals surface area contributed by atoms with Crippen LogP contribution in [0.2, 0.25) is 0 Å². The topological polar surface area (TPSA) is 46.8 Å². The number of furan rings is 1. The molecule has 1 aliphatic carbocycles. The van der Waals surface area contributed by atoms with Gasteiger partial charge < -0.3 is 18.1 Å². The van der Waals surface area contributed by atoms with Gasteiger partial charge in [-0.05, 0) is 76.9 Å². The van der Waals surface area contributed by atoms with Crippen LogP contribution in [0.3, 0.4) is 0 Å². The van der Waals surface area contributed by atoms with E-state index in [9.17, 15) is 0 Å². The van der Waals surface area contributed by atoms with Crippen LogP contribution in [0.1, 0.15) is 25.0 Å². The molecule has 4 heterocycles. The molecule has 5 nitrogen and oxygen atoms in total. The molecule has 0 bridgehead atoms. The van der Waals surface area contributed by atoms with Crippen molar-refractivity contribution in [3.8, 4) is 11.1 Å². The van der Waals surface area contributed by atoms with Crippen molar-refractivity contribution in [2.45, 2.75) is 19.3 Å². The second-order valence-electron chi connectivity index (χ2n) is 14.4. The van der Waals surface area contributed by atoms with Crippen LogP contribution in [0.5, 0.6) is 0 Å². The summed E-state index contributed by atoms with van der Waals surface area (Å²) in [5, 5.41) is 6.82. The van der Waals surface area contributed by atoms with E-state index >= 15 is 0 Å². The Bertz CT molecular complexity index is 3250. The van der Waals surface area contributed by atoms with Gasteiger partial charge in [0.2, 0.25) is 0 Å². The highest BCUT2D eigenvalue weighted by Gasteiger charge is 2.36. The lowest BCUT2D eigenvalue weighted by molar-refractivity contribution is 0.605. The van der Waals surface area contributed by atoms with Crippen LogP contribution in [0, 0.1) is 0 Å². The molecule has 0 N–H and O–H groups in total. The summed E-state index contributed by atoms with van der Waals surface area (Å²) in [6.07, 6.45) is 1.56. The number of aromatic nitrogens is 2. The maximum Gasteiger partial charge on any atom is 0.182 e. The van der Waals surface area contributed by atoms with Gasteiger partial charge in [0, 0.05) is 43.7 Å². The lowest BCUT2D eigenvalue weighted by Gasteiger charge is -2.28. The van der Waals surface area contributed by atoms with Gasteiger partial charge >= 0.3 is 0 Å². The molecule has 0 unspecified atom stereocenters. The molecule has 1 aliphatic rings. The molecule has 0 fully saturated rings. The summed E-state index contributed by atoms with van der Waals surface area (Å²) < 4.78 is 15.1. The summed E-state index contributed by atoms with van der Waals surface area (Å²) in [4.78, 5) is 7.01. The largest absolute Gasteiger partial charge is 0.454 e. The van der Waals surface area contributed by atoms with E-state index < -0.39 is 0 Å². The summed E-state index contributed by atoms with van der Waals surface area (Å²) in [7, 11) is 0. The van der Waals surface area contributed by atoms with Gasteiger partial charge in [-0.1, -0.05) is 92.7 Å². The fraction of sp³-hybridized carbons (Fsp3) is 0.0652.